The highest BCUT2D eigenvalue weighted by Gasteiger charge is 2.17. The van der Waals surface area contributed by atoms with Crippen molar-refractivity contribution in [1.82, 2.24) is 9.97 Å². The van der Waals surface area contributed by atoms with Crippen molar-refractivity contribution in [2.75, 3.05) is 19.0 Å². The fourth-order valence-corrected chi connectivity index (χ4v) is 2.26. The van der Waals surface area contributed by atoms with E-state index in [2.05, 4.69) is 15.3 Å². The molecule has 0 aliphatic rings. The molecule has 0 fully saturated rings. The predicted octanol–water partition coefficient (Wildman–Crippen LogP) is 3.73. The fourth-order valence-electron chi connectivity index (χ4n) is 2.26. The molecule has 0 spiro atoms. The number of rotatable bonds is 5. The number of nitrogens with zero attached hydrogens (tertiary/aromatic N) is 2. The van der Waals surface area contributed by atoms with Crippen molar-refractivity contribution in [2.24, 2.45) is 0 Å². The Balaban J connectivity index is 2.55. The monoisotopic (exact) mass is 289 g/mol. The summed E-state index contributed by atoms with van der Waals surface area (Å²) in [5.41, 5.74) is 2.92. The smallest absolute Gasteiger partial charge is 0.223 e. The standard InChI is InChI=1S/C16H20FN3O/c1-5-6-18-16-19-9-12(17)15(20-16)14-11(3)7-10(2)8-13(14)21-4/h7-9H,5-6H2,1-4H3,(H,18,19,20). The molecule has 1 heterocycles. The lowest BCUT2D eigenvalue weighted by molar-refractivity contribution is 0.415. The van der Waals surface area contributed by atoms with Crippen LogP contribution in [-0.4, -0.2) is 23.6 Å². The first kappa shape index (κ1) is 15.2. The van der Waals surface area contributed by atoms with E-state index in [1.54, 1.807) is 7.11 Å². The fraction of sp³-hybridized carbons (Fsp3) is 0.375. The summed E-state index contributed by atoms with van der Waals surface area (Å²) in [4.78, 5) is 8.27. The Morgan fingerprint density at radius 3 is 2.71 bits per heavy atom. The minimum atomic E-state index is -0.456. The maximum absolute atomic E-state index is 14.2. The number of hydrogen-bond donors (Lipinski definition) is 1. The Labute approximate surface area is 124 Å². The molecule has 0 bridgehead atoms. The predicted molar refractivity (Wildman–Crippen MR) is 82.2 cm³/mol. The highest BCUT2D eigenvalue weighted by atomic mass is 19.1. The first-order chi connectivity index (χ1) is 10.1. The van der Waals surface area contributed by atoms with E-state index in [0.717, 1.165) is 24.1 Å². The summed E-state index contributed by atoms with van der Waals surface area (Å²) < 4.78 is 19.6. The Kier molecular flexibility index (Phi) is 4.73. The molecule has 1 aromatic carbocycles. The third-order valence-electron chi connectivity index (χ3n) is 3.18. The topological polar surface area (TPSA) is 47.0 Å². The van der Waals surface area contributed by atoms with Gasteiger partial charge in [0.2, 0.25) is 5.95 Å². The largest absolute Gasteiger partial charge is 0.496 e. The van der Waals surface area contributed by atoms with Gasteiger partial charge in [-0.25, -0.2) is 14.4 Å². The minimum Gasteiger partial charge on any atom is -0.496 e. The summed E-state index contributed by atoms with van der Waals surface area (Å²) >= 11 is 0. The van der Waals surface area contributed by atoms with E-state index in [4.69, 9.17) is 4.74 Å². The average Bonchev–Trinajstić information content (AvgIpc) is 2.46. The number of hydrogen-bond acceptors (Lipinski definition) is 4. The molecule has 0 amide bonds. The Morgan fingerprint density at radius 2 is 2.05 bits per heavy atom. The zero-order valence-corrected chi connectivity index (χ0v) is 12.8. The van der Waals surface area contributed by atoms with Crippen LogP contribution in [0.3, 0.4) is 0 Å². The SMILES string of the molecule is CCCNc1ncc(F)c(-c2c(C)cc(C)cc2OC)n1. The Morgan fingerprint density at radius 1 is 1.29 bits per heavy atom. The highest BCUT2D eigenvalue weighted by Crippen LogP contribution is 2.34. The van der Waals surface area contributed by atoms with Crippen molar-refractivity contribution >= 4 is 5.95 Å². The van der Waals surface area contributed by atoms with Crippen LogP contribution in [-0.2, 0) is 0 Å². The first-order valence-electron chi connectivity index (χ1n) is 6.98. The lowest BCUT2D eigenvalue weighted by Gasteiger charge is -2.14. The molecule has 21 heavy (non-hydrogen) atoms. The van der Waals surface area contributed by atoms with Crippen molar-refractivity contribution in [1.29, 1.82) is 0 Å². The molecular formula is C16H20FN3O. The minimum absolute atomic E-state index is 0.262. The maximum atomic E-state index is 14.2. The Hall–Kier alpha value is -2.17. The second kappa shape index (κ2) is 6.52. The van der Waals surface area contributed by atoms with E-state index in [9.17, 15) is 4.39 Å². The van der Waals surface area contributed by atoms with Gasteiger partial charge in [-0.2, -0.15) is 0 Å². The normalized spacial score (nSPS) is 10.5. The highest BCUT2D eigenvalue weighted by molar-refractivity contribution is 5.72. The molecule has 0 aliphatic carbocycles. The number of anilines is 1. The second-order valence-corrected chi connectivity index (χ2v) is 4.98. The molecule has 0 atom stereocenters. The molecule has 1 aromatic heterocycles. The van der Waals surface area contributed by atoms with Crippen LogP contribution in [0.4, 0.5) is 10.3 Å². The molecule has 0 saturated heterocycles. The molecule has 2 rings (SSSR count). The van der Waals surface area contributed by atoms with Gasteiger partial charge in [-0.05, 0) is 37.5 Å². The number of nitrogens with one attached hydrogen (secondary N) is 1. The van der Waals surface area contributed by atoms with Gasteiger partial charge < -0.3 is 10.1 Å². The summed E-state index contributed by atoms with van der Waals surface area (Å²) in [6.45, 7) is 6.69. The van der Waals surface area contributed by atoms with Gasteiger partial charge in [0.05, 0.1) is 13.3 Å². The first-order valence-corrected chi connectivity index (χ1v) is 6.98. The third kappa shape index (κ3) is 3.29. The quantitative estimate of drug-likeness (QED) is 0.911. The van der Waals surface area contributed by atoms with Crippen LogP contribution in [0.1, 0.15) is 24.5 Å². The molecule has 2 aromatic rings. The van der Waals surface area contributed by atoms with Crippen molar-refractivity contribution in [3.05, 3.63) is 35.3 Å². The van der Waals surface area contributed by atoms with Crippen LogP contribution in [0.5, 0.6) is 5.75 Å². The van der Waals surface area contributed by atoms with Crippen molar-refractivity contribution in [2.45, 2.75) is 27.2 Å². The van der Waals surface area contributed by atoms with Crippen LogP contribution >= 0.6 is 0 Å². The molecular weight excluding hydrogens is 269 g/mol. The number of aryl methyl sites for hydroxylation is 2. The molecule has 0 unspecified atom stereocenters. The molecule has 0 saturated carbocycles. The van der Waals surface area contributed by atoms with E-state index in [-0.39, 0.29) is 5.69 Å². The van der Waals surface area contributed by atoms with E-state index in [0.29, 0.717) is 17.3 Å². The van der Waals surface area contributed by atoms with Crippen molar-refractivity contribution in [3.8, 4) is 17.0 Å². The number of halogens is 1. The van der Waals surface area contributed by atoms with Crippen LogP contribution in [0.2, 0.25) is 0 Å². The molecule has 4 nitrogen and oxygen atoms in total. The number of ether oxygens (including phenoxy) is 1. The van der Waals surface area contributed by atoms with E-state index in [1.807, 2.05) is 32.9 Å². The summed E-state index contributed by atoms with van der Waals surface area (Å²) in [6.07, 6.45) is 2.14. The third-order valence-corrected chi connectivity index (χ3v) is 3.18. The molecule has 1 N–H and O–H groups in total. The second-order valence-electron chi connectivity index (χ2n) is 4.98. The number of aromatic nitrogens is 2. The van der Waals surface area contributed by atoms with Gasteiger partial charge in [0.15, 0.2) is 5.82 Å². The van der Waals surface area contributed by atoms with E-state index in [1.165, 1.54) is 6.20 Å². The molecule has 0 aliphatic heterocycles. The van der Waals surface area contributed by atoms with Gasteiger partial charge in [-0.3, -0.25) is 0 Å². The lowest BCUT2D eigenvalue weighted by Crippen LogP contribution is -2.06. The van der Waals surface area contributed by atoms with Gasteiger partial charge in [0.1, 0.15) is 11.4 Å². The van der Waals surface area contributed by atoms with Crippen LogP contribution < -0.4 is 10.1 Å². The summed E-state index contributed by atoms with van der Waals surface area (Å²) in [5.74, 6) is 0.587. The van der Waals surface area contributed by atoms with E-state index < -0.39 is 5.82 Å². The molecule has 5 heteroatoms. The van der Waals surface area contributed by atoms with Gasteiger partial charge in [-0.1, -0.05) is 13.0 Å². The van der Waals surface area contributed by atoms with Crippen molar-refractivity contribution in [3.63, 3.8) is 0 Å². The number of methoxy groups -OCH3 is 1. The Bertz CT molecular complexity index is 644. The molecule has 112 valence electrons. The average molecular weight is 289 g/mol. The van der Waals surface area contributed by atoms with Gasteiger partial charge in [0, 0.05) is 12.1 Å². The maximum Gasteiger partial charge on any atom is 0.223 e. The summed E-state index contributed by atoms with van der Waals surface area (Å²) in [7, 11) is 1.58. The van der Waals surface area contributed by atoms with Crippen molar-refractivity contribution < 1.29 is 9.13 Å². The van der Waals surface area contributed by atoms with Crippen LogP contribution in [0.25, 0.3) is 11.3 Å². The van der Waals surface area contributed by atoms with Gasteiger partial charge in [0.25, 0.3) is 0 Å². The summed E-state index contributed by atoms with van der Waals surface area (Å²) in [6, 6.07) is 3.86. The lowest BCUT2D eigenvalue weighted by atomic mass is 10.0. The zero-order chi connectivity index (χ0) is 15.4. The number of benzene rings is 1. The van der Waals surface area contributed by atoms with Gasteiger partial charge in [-0.15, -0.1) is 0 Å². The van der Waals surface area contributed by atoms with Crippen LogP contribution in [0.15, 0.2) is 18.3 Å². The molecule has 0 radical (unpaired) electrons. The van der Waals surface area contributed by atoms with E-state index >= 15 is 0 Å². The van der Waals surface area contributed by atoms with Crippen LogP contribution in [0, 0.1) is 19.7 Å². The zero-order valence-electron chi connectivity index (χ0n) is 12.8. The summed E-state index contributed by atoms with van der Waals surface area (Å²) in [5, 5.41) is 3.07. The van der Waals surface area contributed by atoms with Gasteiger partial charge >= 0.3 is 0 Å².